The van der Waals surface area contributed by atoms with Crippen LogP contribution in [0.5, 0.6) is 0 Å². The summed E-state index contributed by atoms with van der Waals surface area (Å²) < 4.78 is 0. The fourth-order valence-corrected chi connectivity index (χ4v) is 4.05. The van der Waals surface area contributed by atoms with Crippen molar-refractivity contribution in [2.24, 2.45) is 16.8 Å². The van der Waals surface area contributed by atoms with Gasteiger partial charge in [-0.1, -0.05) is 18.0 Å². The summed E-state index contributed by atoms with van der Waals surface area (Å²) in [4.78, 5) is 5.47. The number of rotatable bonds is 4. The Balaban J connectivity index is 2.21. The SMILES string of the molecule is Cc1cc(SCC2CCCC2)c(/C(N)=N/O)c(C)n1. The van der Waals surface area contributed by atoms with Gasteiger partial charge in [0.05, 0.1) is 5.56 Å². The molecule has 1 aliphatic rings. The first-order valence-electron chi connectivity index (χ1n) is 6.70. The minimum absolute atomic E-state index is 0.152. The largest absolute Gasteiger partial charge is 0.409 e. The summed E-state index contributed by atoms with van der Waals surface area (Å²) in [7, 11) is 0. The lowest BCUT2D eigenvalue weighted by Crippen LogP contribution is -2.17. The van der Waals surface area contributed by atoms with Crippen molar-refractivity contribution in [3.8, 4) is 0 Å². The smallest absolute Gasteiger partial charge is 0.173 e. The van der Waals surface area contributed by atoms with Crippen molar-refractivity contribution in [2.75, 3.05) is 5.75 Å². The van der Waals surface area contributed by atoms with Crippen LogP contribution in [0.4, 0.5) is 0 Å². The van der Waals surface area contributed by atoms with Gasteiger partial charge in [-0.3, -0.25) is 4.98 Å². The third-order valence-electron chi connectivity index (χ3n) is 3.61. The molecule has 0 atom stereocenters. The molecule has 1 saturated carbocycles. The number of nitrogens with two attached hydrogens (primary N) is 1. The van der Waals surface area contributed by atoms with Gasteiger partial charge in [0, 0.05) is 22.0 Å². The van der Waals surface area contributed by atoms with Crippen LogP contribution in [0.2, 0.25) is 0 Å². The minimum Gasteiger partial charge on any atom is -0.409 e. The van der Waals surface area contributed by atoms with E-state index in [2.05, 4.69) is 10.1 Å². The van der Waals surface area contributed by atoms with Gasteiger partial charge < -0.3 is 10.9 Å². The highest BCUT2D eigenvalue weighted by molar-refractivity contribution is 7.99. The van der Waals surface area contributed by atoms with Crippen LogP contribution in [-0.2, 0) is 0 Å². The number of aryl methyl sites for hydroxylation is 2. The molecule has 1 aliphatic carbocycles. The van der Waals surface area contributed by atoms with Gasteiger partial charge in [0.1, 0.15) is 0 Å². The molecule has 1 heterocycles. The molecule has 4 nitrogen and oxygen atoms in total. The van der Waals surface area contributed by atoms with Crippen LogP contribution in [0.3, 0.4) is 0 Å². The molecule has 0 aliphatic heterocycles. The third kappa shape index (κ3) is 3.41. The van der Waals surface area contributed by atoms with E-state index < -0.39 is 0 Å². The molecule has 2 rings (SSSR count). The lowest BCUT2D eigenvalue weighted by molar-refractivity contribution is 0.318. The summed E-state index contributed by atoms with van der Waals surface area (Å²) in [5, 5.41) is 12.0. The molecule has 0 spiro atoms. The summed E-state index contributed by atoms with van der Waals surface area (Å²) in [6.07, 6.45) is 5.36. The predicted molar refractivity (Wildman–Crippen MR) is 78.9 cm³/mol. The number of hydrogen-bond donors (Lipinski definition) is 2. The molecule has 0 saturated heterocycles. The molecule has 0 bridgehead atoms. The van der Waals surface area contributed by atoms with E-state index in [1.54, 1.807) is 11.8 Å². The Hall–Kier alpha value is -1.23. The summed E-state index contributed by atoms with van der Waals surface area (Å²) in [5.74, 6) is 2.06. The van der Waals surface area contributed by atoms with E-state index in [0.717, 1.165) is 33.5 Å². The van der Waals surface area contributed by atoms with Crippen LogP contribution >= 0.6 is 11.8 Å². The van der Waals surface area contributed by atoms with Crippen LogP contribution in [0, 0.1) is 19.8 Å². The monoisotopic (exact) mass is 279 g/mol. The second-order valence-electron chi connectivity index (χ2n) is 5.17. The molecule has 1 fully saturated rings. The van der Waals surface area contributed by atoms with E-state index in [1.807, 2.05) is 19.9 Å². The van der Waals surface area contributed by atoms with Gasteiger partial charge in [-0.25, -0.2) is 0 Å². The van der Waals surface area contributed by atoms with Gasteiger partial charge in [-0.05, 0) is 38.7 Å². The maximum atomic E-state index is 8.91. The van der Waals surface area contributed by atoms with Gasteiger partial charge in [-0.15, -0.1) is 11.8 Å². The van der Waals surface area contributed by atoms with Gasteiger partial charge >= 0.3 is 0 Å². The predicted octanol–water partition coefficient (Wildman–Crippen LogP) is 3.08. The second kappa shape index (κ2) is 6.28. The molecule has 0 aromatic carbocycles. The first-order chi connectivity index (χ1) is 9.11. The maximum absolute atomic E-state index is 8.91. The average molecular weight is 279 g/mol. The van der Waals surface area contributed by atoms with Crippen molar-refractivity contribution >= 4 is 17.6 Å². The topological polar surface area (TPSA) is 71.5 Å². The number of nitrogens with zero attached hydrogens (tertiary/aromatic N) is 2. The van der Waals surface area contributed by atoms with Crippen molar-refractivity contribution in [3.63, 3.8) is 0 Å². The molecule has 5 heteroatoms. The van der Waals surface area contributed by atoms with Gasteiger partial charge in [0.25, 0.3) is 0 Å². The molecule has 19 heavy (non-hydrogen) atoms. The van der Waals surface area contributed by atoms with Crippen LogP contribution in [0.1, 0.15) is 42.6 Å². The van der Waals surface area contributed by atoms with Crippen molar-refractivity contribution in [1.82, 2.24) is 4.98 Å². The van der Waals surface area contributed by atoms with Gasteiger partial charge in [-0.2, -0.15) is 0 Å². The Morgan fingerprint density at radius 2 is 2.16 bits per heavy atom. The number of oxime groups is 1. The third-order valence-corrected chi connectivity index (χ3v) is 4.88. The fourth-order valence-electron chi connectivity index (χ4n) is 2.65. The van der Waals surface area contributed by atoms with Crippen molar-refractivity contribution in [1.29, 1.82) is 0 Å². The Morgan fingerprint density at radius 3 is 2.79 bits per heavy atom. The summed E-state index contributed by atoms with van der Waals surface area (Å²) >= 11 is 1.80. The highest BCUT2D eigenvalue weighted by atomic mass is 32.2. The van der Waals surface area contributed by atoms with E-state index in [9.17, 15) is 0 Å². The summed E-state index contributed by atoms with van der Waals surface area (Å²) in [6.45, 7) is 3.88. The number of pyridine rings is 1. The van der Waals surface area contributed by atoms with E-state index >= 15 is 0 Å². The van der Waals surface area contributed by atoms with Crippen LogP contribution < -0.4 is 5.73 Å². The quantitative estimate of drug-likeness (QED) is 0.292. The molecule has 1 aromatic rings. The zero-order valence-corrected chi connectivity index (χ0v) is 12.3. The molecular formula is C14H21N3OS. The van der Waals surface area contributed by atoms with Gasteiger partial charge in [0.2, 0.25) is 0 Å². The van der Waals surface area contributed by atoms with Crippen LogP contribution in [0.15, 0.2) is 16.1 Å². The van der Waals surface area contributed by atoms with Crippen molar-refractivity contribution < 1.29 is 5.21 Å². The van der Waals surface area contributed by atoms with E-state index in [0.29, 0.717) is 0 Å². The molecule has 0 amide bonds. The highest BCUT2D eigenvalue weighted by Crippen LogP contribution is 2.33. The zero-order chi connectivity index (χ0) is 13.8. The van der Waals surface area contributed by atoms with Crippen molar-refractivity contribution in [2.45, 2.75) is 44.4 Å². The number of hydrogen-bond acceptors (Lipinski definition) is 4. The maximum Gasteiger partial charge on any atom is 0.173 e. The Bertz CT molecular complexity index is 482. The summed E-state index contributed by atoms with van der Waals surface area (Å²) in [6, 6.07) is 2.03. The lowest BCUT2D eigenvalue weighted by Gasteiger charge is -2.14. The van der Waals surface area contributed by atoms with E-state index in [1.165, 1.54) is 25.7 Å². The molecule has 1 aromatic heterocycles. The molecule has 104 valence electrons. The highest BCUT2D eigenvalue weighted by Gasteiger charge is 2.18. The fraction of sp³-hybridized carbons (Fsp3) is 0.571. The van der Waals surface area contributed by atoms with Crippen LogP contribution in [-0.4, -0.2) is 21.8 Å². The Kier molecular flexibility index (Phi) is 4.69. The second-order valence-corrected chi connectivity index (χ2v) is 6.23. The van der Waals surface area contributed by atoms with Crippen molar-refractivity contribution in [3.05, 3.63) is 23.0 Å². The first-order valence-corrected chi connectivity index (χ1v) is 7.69. The van der Waals surface area contributed by atoms with Crippen LogP contribution in [0.25, 0.3) is 0 Å². The minimum atomic E-state index is 0.152. The molecule has 0 unspecified atom stereocenters. The van der Waals surface area contributed by atoms with E-state index in [4.69, 9.17) is 10.9 Å². The first kappa shape index (κ1) is 14.2. The molecular weight excluding hydrogens is 258 g/mol. The Labute approximate surface area is 118 Å². The normalized spacial score (nSPS) is 17.1. The van der Waals surface area contributed by atoms with Gasteiger partial charge in [0.15, 0.2) is 5.84 Å². The molecule has 0 radical (unpaired) electrons. The molecule has 3 N–H and O–H groups in total. The lowest BCUT2D eigenvalue weighted by atomic mass is 10.1. The number of aromatic nitrogens is 1. The standard InChI is InChI=1S/C14H21N3OS/c1-9-7-12(19-8-11-5-3-4-6-11)13(10(2)16-9)14(15)17-18/h7,11,18H,3-6,8H2,1-2H3,(H2,15,17). The van der Waals surface area contributed by atoms with E-state index in [-0.39, 0.29) is 5.84 Å². The zero-order valence-electron chi connectivity index (χ0n) is 11.5. The number of amidine groups is 1. The summed E-state index contributed by atoms with van der Waals surface area (Å²) in [5.41, 5.74) is 8.35. The average Bonchev–Trinajstić information content (AvgIpc) is 2.88. The number of thioether (sulfide) groups is 1. The Morgan fingerprint density at radius 1 is 1.47 bits per heavy atom.